The summed E-state index contributed by atoms with van der Waals surface area (Å²) in [6.45, 7) is 2.45. The molecular formula is C7H10O5. The Morgan fingerprint density at radius 1 is 1.42 bits per heavy atom. The predicted molar refractivity (Wildman–Crippen MR) is 38.5 cm³/mol. The Morgan fingerprint density at radius 3 is 2.25 bits per heavy atom. The predicted octanol–water partition coefficient (Wildman–Crippen LogP) is -0.0182. The van der Waals surface area contributed by atoms with E-state index < -0.39 is 18.0 Å². The Kier molecular flexibility index (Phi) is 3.96. The molecule has 0 aliphatic rings. The number of carbonyl (C=O) groups is 3. The van der Waals surface area contributed by atoms with Crippen LogP contribution in [0, 0.1) is 0 Å². The highest BCUT2D eigenvalue weighted by Crippen LogP contribution is 1.95. The van der Waals surface area contributed by atoms with Gasteiger partial charge in [-0.1, -0.05) is 0 Å². The molecule has 0 heterocycles. The number of carboxylic acids is 1. The van der Waals surface area contributed by atoms with E-state index in [4.69, 9.17) is 5.11 Å². The minimum Gasteiger partial charge on any atom is -0.479 e. The molecule has 0 spiro atoms. The van der Waals surface area contributed by atoms with Gasteiger partial charge in [0.05, 0.1) is 0 Å². The Morgan fingerprint density at radius 2 is 1.92 bits per heavy atom. The maximum Gasteiger partial charge on any atom is 0.344 e. The first kappa shape index (κ1) is 10.6. The fourth-order valence-electron chi connectivity index (χ4n) is 0.493. The summed E-state index contributed by atoms with van der Waals surface area (Å²) in [4.78, 5) is 31.2. The largest absolute Gasteiger partial charge is 0.479 e. The highest BCUT2D eigenvalue weighted by Gasteiger charge is 2.16. The zero-order valence-corrected chi connectivity index (χ0v) is 6.86. The molecule has 0 amide bonds. The minimum absolute atomic E-state index is 0.349. The molecule has 12 heavy (non-hydrogen) atoms. The van der Waals surface area contributed by atoms with Crippen LogP contribution in [0.5, 0.6) is 0 Å². The number of esters is 1. The van der Waals surface area contributed by atoms with E-state index in [0.29, 0.717) is 0 Å². The van der Waals surface area contributed by atoms with Crippen molar-refractivity contribution in [2.75, 3.05) is 0 Å². The molecule has 5 heteroatoms. The Hall–Kier alpha value is -1.39. The lowest BCUT2D eigenvalue weighted by Gasteiger charge is -2.06. The maximum absolute atomic E-state index is 10.7. The molecule has 0 radical (unpaired) electrons. The van der Waals surface area contributed by atoms with Gasteiger partial charge < -0.3 is 9.84 Å². The first-order chi connectivity index (χ1) is 5.43. The summed E-state index contributed by atoms with van der Waals surface area (Å²) in [5.74, 6) is -2.39. The number of ketones is 1. The molecule has 0 aromatic carbocycles. The van der Waals surface area contributed by atoms with E-state index in [1.54, 1.807) is 0 Å². The molecule has 0 saturated heterocycles. The van der Waals surface area contributed by atoms with Gasteiger partial charge in [0.1, 0.15) is 12.2 Å². The number of rotatable bonds is 4. The third-order valence-corrected chi connectivity index (χ3v) is 1.05. The van der Waals surface area contributed by atoms with Crippen LogP contribution in [0.3, 0.4) is 0 Å². The fraction of sp³-hybridized carbons (Fsp3) is 0.571. The van der Waals surface area contributed by atoms with Gasteiger partial charge in [0.25, 0.3) is 0 Å². The lowest BCUT2D eigenvalue weighted by molar-refractivity contribution is -0.163. The minimum atomic E-state index is -1.23. The lowest BCUT2D eigenvalue weighted by Crippen LogP contribution is -2.24. The Labute approximate surface area is 69.3 Å². The molecule has 0 fully saturated rings. The summed E-state index contributed by atoms with van der Waals surface area (Å²) < 4.78 is 4.36. The summed E-state index contributed by atoms with van der Waals surface area (Å²) in [5.41, 5.74) is 0. The molecule has 1 N–H and O–H groups in total. The molecule has 1 unspecified atom stereocenters. The SMILES string of the molecule is CC(=O)CC(=O)OC(C)C(=O)O. The van der Waals surface area contributed by atoms with Gasteiger partial charge in [0.2, 0.25) is 0 Å². The molecule has 0 rings (SSSR count). The molecule has 0 saturated carbocycles. The van der Waals surface area contributed by atoms with Crippen LogP contribution in [-0.4, -0.2) is 28.9 Å². The topological polar surface area (TPSA) is 80.7 Å². The number of carbonyl (C=O) groups excluding carboxylic acids is 2. The van der Waals surface area contributed by atoms with Gasteiger partial charge in [-0.2, -0.15) is 0 Å². The first-order valence-corrected chi connectivity index (χ1v) is 3.35. The van der Waals surface area contributed by atoms with E-state index >= 15 is 0 Å². The van der Waals surface area contributed by atoms with Crippen molar-refractivity contribution in [3.8, 4) is 0 Å². The second-order valence-electron chi connectivity index (χ2n) is 2.35. The van der Waals surface area contributed by atoms with Crippen molar-refractivity contribution < 1.29 is 24.2 Å². The van der Waals surface area contributed by atoms with E-state index in [9.17, 15) is 14.4 Å². The van der Waals surface area contributed by atoms with Crippen molar-refractivity contribution in [1.82, 2.24) is 0 Å². The smallest absolute Gasteiger partial charge is 0.344 e. The number of hydrogen-bond acceptors (Lipinski definition) is 4. The van der Waals surface area contributed by atoms with Crippen molar-refractivity contribution in [1.29, 1.82) is 0 Å². The maximum atomic E-state index is 10.7. The molecule has 0 bridgehead atoms. The molecule has 0 aromatic heterocycles. The van der Waals surface area contributed by atoms with Gasteiger partial charge in [0, 0.05) is 0 Å². The van der Waals surface area contributed by atoms with E-state index in [0.717, 1.165) is 0 Å². The van der Waals surface area contributed by atoms with E-state index in [2.05, 4.69) is 4.74 Å². The molecule has 0 aliphatic carbocycles. The van der Waals surface area contributed by atoms with Crippen LogP contribution in [0.4, 0.5) is 0 Å². The van der Waals surface area contributed by atoms with Crippen LogP contribution in [0.15, 0.2) is 0 Å². The summed E-state index contributed by atoms with van der Waals surface area (Å²) in [6, 6.07) is 0. The molecule has 68 valence electrons. The van der Waals surface area contributed by atoms with E-state index in [1.165, 1.54) is 13.8 Å². The average molecular weight is 174 g/mol. The van der Waals surface area contributed by atoms with E-state index in [-0.39, 0.29) is 12.2 Å². The highest BCUT2D eigenvalue weighted by molar-refractivity contribution is 5.94. The quantitative estimate of drug-likeness (QED) is 0.478. The molecule has 0 aromatic rings. The summed E-state index contributed by atoms with van der Waals surface area (Å²) in [6.07, 6.45) is -1.57. The Balaban J connectivity index is 3.85. The second kappa shape index (κ2) is 4.48. The molecule has 1 atom stereocenters. The van der Waals surface area contributed by atoms with Gasteiger partial charge in [-0.05, 0) is 13.8 Å². The average Bonchev–Trinajstić information content (AvgIpc) is 1.84. The molecule has 5 nitrogen and oxygen atoms in total. The Bertz CT molecular complexity index is 208. The first-order valence-electron chi connectivity index (χ1n) is 3.35. The summed E-state index contributed by atoms with van der Waals surface area (Å²) >= 11 is 0. The van der Waals surface area contributed by atoms with Crippen LogP contribution < -0.4 is 0 Å². The van der Waals surface area contributed by atoms with Gasteiger partial charge >= 0.3 is 11.9 Å². The third-order valence-electron chi connectivity index (χ3n) is 1.05. The van der Waals surface area contributed by atoms with Crippen molar-refractivity contribution >= 4 is 17.7 Å². The molecule has 0 aliphatic heterocycles. The fourth-order valence-corrected chi connectivity index (χ4v) is 0.493. The van der Waals surface area contributed by atoms with Crippen LogP contribution in [-0.2, 0) is 19.1 Å². The second-order valence-corrected chi connectivity index (χ2v) is 2.35. The van der Waals surface area contributed by atoms with Gasteiger partial charge in [0.15, 0.2) is 6.10 Å². The summed E-state index contributed by atoms with van der Waals surface area (Å²) in [5, 5.41) is 8.30. The van der Waals surface area contributed by atoms with Crippen molar-refractivity contribution in [3.63, 3.8) is 0 Å². The van der Waals surface area contributed by atoms with Crippen molar-refractivity contribution in [2.24, 2.45) is 0 Å². The van der Waals surface area contributed by atoms with Crippen LogP contribution in [0.2, 0.25) is 0 Å². The van der Waals surface area contributed by atoms with Gasteiger partial charge in [-0.25, -0.2) is 4.79 Å². The van der Waals surface area contributed by atoms with Crippen LogP contribution >= 0.6 is 0 Å². The lowest BCUT2D eigenvalue weighted by atomic mass is 10.3. The number of hydrogen-bond donors (Lipinski definition) is 1. The number of ether oxygens (including phenoxy) is 1. The van der Waals surface area contributed by atoms with E-state index in [1.807, 2.05) is 0 Å². The third kappa shape index (κ3) is 4.43. The zero-order valence-electron chi connectivity index (χ0n) is 6.86. The highest BCUT2D eigenvalue weighted by atomic mass is 16.6. The van der Waals surface area contributed by atoms with Crippen LogP contribution in [0.1, 0.15) is 20.3 Å². The molecular weight excluding hydrogens is 164 g/mol. The number of aliphatic carboxylic acids is 1. The van der Waals surface area contributed by atoms with Gasteiger partial charge in [-0.3, -0.25) is 9.59 Å². The number of Topliss-reactive ketones (excluding diaryl/α,β-unsaturated/α-hetero) is 1. The standard InChI is InChI=1S/C7H10O5/c1-4(8)3-6(9)12-5(2)7(10)11/h5H,3H2,1-2H3,(H,10,11). The van der Waals surface area contributed by atoms with Crippen LogP contribution in [0.25, 0.3) is 0 Å². The number of carboxylic acid groups (broad SMARTS) is 1. The normalized spacial score (nSPS) is 11.8. The summed E-state index contributed by atoms with van der Waals surface area (Å²) in [7, 11) is 0. The monoisotopic (exact) mass is 174 g/mol. The van der Waals surface area contributed by atoms with Gasteiger partial charge in [-0.15, -0.1) is 0 Å². The zero-order chi connectivity index (χ0) is 9.72. The van der Waals surface area contributed by atoms with Crippen molar-refractivity contribution in [2.45, 2.75) is 26.4 Å². The van der Waals surface area contributed by atoms with Crippen molar-refractivity contribution in [3.05, 3.63) is 0 Å².